The van der Waals surface area contributed by atoms with E-state index in [0.29, 0.717) is 43.5 Å². The second-order valence-electron chi connectivity index (χ2n) is 8.88. The van der Waals surface area contributed by atoms with Crippen LogP contribution in [0.15, 0.2) is 53.2 Å². The molecule has 4 rings (SSSR count). The van der Waals surface area contributed by atoms with E-state index >= 15 is 0 Å². The lowest BCUT2D eigenvalue weighted by molar-refractivity contribution is -0.128. The second-order valence-corrected chi connectivity index (χ2v) is 9.25. The highest BCUT2D eigenvalue weighted by molar-refractivity contribution is 7.80. The molecule has 0 spiro atoms. The first-order valence-corrected chi connectivity index (χ1v) is 12.4. The van der Waals surface area contributed by atoms with Gasteiger partial charge in [0.25, 0.3) is 0 Å². The van der Waals surface area contributed by atoms with Crippen LogP contribution in [0.1, 0.15) is 36.8 Å². The molecule has 1 unspecified atom stereocenters. The van der Waals surface area contributed by atoms with Gasteiger partial charge in [0.15, 0.2) is 0 Å². The van der Waals surface area contributed by atoms with Gasteiger partial charge < -0.3 is 15.0 Å². The summed E-state index contributed by atoms with van der Waals surface area (Å²) in [5, 5.41) is 3.30. The van der Waals surface area contributed by atoms with Crippen molar-refractivity contribution in [2.45, 2.75) is 39.2 Å². The number of morpholine rings is 1. The fraction of sp³-hybridized carbons (Fsp3) is 0.462. The smallest absolute Gasteiger partial charge is 0.241 e. The van der Waals surface area contributed by atoms with Crippen LogP contribution in [0.2, 0.25) is 0 Å². The summed E-state index contributed by atoms with van der Waals surface area (Å²) in [6.07, 6.45) is 8.80. The zero-order valence-corrected chi connectivity index (χ0v) is 20.5. The predicted octanol–water partition coefficient (Wildman–Crippen LogP) is 3.14. The fourth-order valence-electron chi connectivity index (χ4n) is 4.29. The summed E-state index contributed by atoms with van der Waals surface area (Å²) < 4.78 is 5.43. The van der Waals surface area contributed by atoms with E-state index in [2.05, 4.69) is 15.2 Å². The van der Waals surface area contributed by atoms with E-state index < -0.39 is 0 Å². The maximum absolute atomic E-state index is 13.2. The van der Waals surface area contributed by atoms with Crippen LogP contribution in [0, 0.1) is 12.8 Å². The van der Waals surface area contributed by atoms with Crippen molar-refractivity contribution in [3.05, 3.63) is 59.3 Å². The van der Waals surface area contributed by atoms with E-state index in [0.717, 1.165) is 43.6 Å². The molecular formula is C26H32N4O3S. The topological polar surface area (TPSA) is 74.2 Å². The molecule has 0 bridgehead atoms. The molecule has 0 radical (unpaired) electrons. The zero-order chi connectivity index (χ0) is 23.9. The SMILES string of the molecule is Cc1ccc(CNC(=O)CCCCCN2C(=O)C3C=C(N4CCOCC4)C=CC3=NC2=S)cc1. The zero-order valence-electron chi connectivity index (χ0n) is 19.7. The van der Waals surface area contributed by atoms with Crippen LogP contribution >= 0.6 is 12.2 Å². The average Bonchev–Trinajstić information content (AvgIpc) is 2.85. The van der Waals surface area contributed by atoms with Crippen molar-refractivity contribution >= 4 is 34.9 Å². The Bertz CT molecular complexity index is 1010. The molecule has 8 heteroatoms. The molecule has 1 saturated heterocycles. The normalized spacial score (nSPS) is 20.1. The first kappa shape index (κ1) is 24.3. The standard InChI is InChI=1S/C26H32N4O3S/c1-19-6-8-20(9-7-19)18-27-24(31)5-3-2-4-12-30-25(32)22-17-21(29-13-15-33-16-14-29)10-11-23(22)28-26(30)34/h6-11,17,22H,2-5,12-16,18H2,1H3,(H,27,31). The quantitative estimate of drug-likeness (QED) is 0.434. The Kier molecular flexibility index (Phi) is 8.24. The van der Waals surface area contributed by atoms with Crippen LogP contribution in [0.25, 0.3) is 0 Å². The highest BCUT2D eigenvalue weighted by Crippen LogP contribution is 2.25. The Hall–Kier alpha value is -2.84. The maximum atomic E-state index is 13.2. The van der Waals surface area contributed by atoms with Gasteiger partial charge in [-0.1, -0.05) is 36.2 Å². The third-order valence-corrected chi connectivity index (χ3v) is 6.65. The number of fused-ring (bicyclic) bond motifs is 1. The molecule has 1 aromatic rings. The third kappa shape index (κ3) is 6.18. The van der Waals surface area contributed by atoms with Gasteiger partial charge in [0.1, 0.15) is 5.92 Å². The molecule has 1 atom stereocenters. The molecule has 2 heterocycles. The summed E-state index contributed by atoms with van der Waals surface area (Å²) in [4.78, 5) is 33.7. The minimum atomic E-state index is -0.387. The number of aryl methyl sites for hydroxylation is 1. The van der Waals surface area contributed by atoms with Gasteiger partial charge in [-0.05, 0) is 55.8 Å². The van der Waals surface area contributed by atoms with Crippen molar-refractivity contribution in [1.82, 2.24) is 15.1 Å². The Labute approximate surface area is 206 Å². The number of allylic oxidation sites excluding steroid dienone is 2. The average molecular weight is 481 g/mol. The number of carbonyl (C=O) groups excluding carboxylic acids is 2. The molecule has 3 aliphatic rings. The molecule has 2 amide bonds. The van der Waals surface area contributed by atoms with Crippen molar-refractivity contribution in [3.8, 4) is 0 Å². The van der Waals surface area contributed by atoms with E-state index in [1.807, 2.05) is 49.4 Å². The van der Waals surface area contributed by atoms with Crippen molar-refractivity contribution in [2.75, 3.05) is 32.8 Å². The van der Waals surface area contributed by atoms with Gasteiger partial charge in [0.05, 0.1) is 18.9 Å². The third-order valence-electron chi connectivity index (χ3n) is 6.34. The summed E-state index contributed by atoms with van der Waals surface area (Å²) in [6, 6.07) is 8.15. The van der Waals surface area contributed by atoms with Gasteiger partial charge in [-0.3, -0.25) is 14.5 Å². The number of carbonyl (C=O) groups is 2. The molecule has 0 aromatic heterocycles. The van der Waals surface area contributed by atoms with Crippen LogP contribution in [-0.2, 0) is 20.9 Å². The summed E-state index contributed by atoms with van der Waals surface area (Å²) in [6.45, 7) is 6.17. The summed E-state index contributed by atoms with van der Waals surface area (Å²) in [5.74, 6) is -0.350. The number of hydrogen-bond donors (Lipinski definition) is 1. The van der Waals surface area contributed by atoms with Crippen LogP contribution in [0.3, 0.4) is 0 Å². The lowest BCUT2D eigenvalue weighted by Crippen LogP contribution is -2.47. The maximum Gasteiger partial charge on any atom is 0.241 e. The summed E-state index contributed by atoms with van der Waals surface area (Å²) in [5.41, 5.74) is 4.06. The van der Waals surface area contributed by atoms with Crippen LogP contribution in [0.4, 0.5) is 0 Å². The molecule has 1 aliphatic carbocycles. The van der Waals surface area contributed by atoms with Gasteiger partial charge in [0.2, 0.25) is 16.9 Å². The number of nitrogens with zero attached hydrogens (tertiary/aromatic N) is 3. The van der Waals surface area contributed by atoms with Crippen molar-refractivity contribution in [2.24, 2.45) is 10.9 Å². The van der Waals surface area contributed by atoms with E-state index in [4.69, 9.17) is 17.0 Å². The monoisotopic (exact) mass is 480 g/mol. The second kappa shape index (κ2) is 11.5. The molecular weight excluding hydrogens is 448 g/mol. The number of benzene rings is 1. The summed E-state index contributed by atoms with van der Waals surface area (Å²) in [7, 11) is 0. The van der Waals surface area contributed by atoms with Crippen LogP contribution in [0.5, 0.6) is 0 Å². The Morgan fingerprint density at radius 1 is 1.15 bits per heavy atom. The number of rotatable bonds is 9. The minimum Gasteiger partial charge on any atom is -0.378 e. The van der Waals surface area contributed by atoms with Gasteiger partial charge in [-0.15, -0.1) is 0 Å². The molecule has 1 N–H and O–H groups in total. The highest BCUT2D eigenvalue weighted by Gasteiger charge is 2.35. The number of nitrogens with one attached hydrogen (secondary N) is 1. The predicted molar refractivity (Wildman–Crippen MR) is 136 cm³/mol. The largest absolute Gasteiger partial charge is 0.378 e. The van der Waals surface area contributed by atoms with Gasteiger partial charge in [-0.2, -0.15) is 0 Å². The molecule has 180 valence electrons. The number of hydrogen-bond acceptors (Lipinski definition) is 5. The van der Waals surface area contributed by atoms with E-state index in [-0.39, 0.29) is 17.7 Å². The van der Waals surface area contributed by atoms with E-state index in [9.17, 15) is 9.59 Å². The number of amides is 2. The number of aliphatic imine (C=N–C) groups is 1. The molecule has 0 saturated carbocycles. The van der Waals surface area contributed by atoms with Gasteiger partial charge in [-0.25, -0.2) is 4.99 Å². The molecule has 1 fully saturated rings. The van der Waals surface area contributed by atoms with Crippen molar-refractivity contribution < 1.29 is 14.3 Å². The number of unbranched alkanes of at least 4 members (excludes halogenated alkanes) is 2. The first-order valence-electron chi connectivity index (χ1n) is 12.0. The molecule has 2 aliphatic heterocycles. The number of thiocarbonyl (C=S) groups is 1. The van der Waals surface area contributed by atoms with Crippen LogP contribution in [-0.4, -0.2) is 65.3 Å². The van der Waals surface area contributed by atoms with Crippen LogP contribution < -0.4 is 5.32 Å². The number of ether oxygens (including phenoxy) is 1. The summed E-state index contributed by atoms with van der Waals surface area (Å²) >= 11 is 5.41. The van der Waals surface area contributed by atoms with E-state index in [1.165, 1.54) is 5.56 Å². The highest BCUT2D eigenvalue weighted by atomic mass is 32.1. The Balaban J connectivity index is 1.21. The fourth-order valence-corrected chi connectivity index (χ4v) is 4.58. The first-order chi connectivity index (χ1) is 16.5. The minimum absolute atomic E-state index is 0.0130. The van der Waals surface area contributed by atoms with Gasteiger partial charge >= 0.3 is 0 Å². The van der Waals surface area contributed by atoms with Crippen molar-refractivity contribution in [1.29, 1.82) is 0 Å². The lowest BCUT2D eigenvalue weighted by Gasteiger charge is -2.35. The van der Waals surface area contributed by atoms with E-state index in [1.54, 1.807) is 4.90 Å². The Morgan fingerprint density at radius 2 is 1.91 bits per heavy atom. The molecule has 7 nitrogen and oxygen atoms in total. The lowest BCUT2D eigenvalue weighted by atomic mass is 9.93. The molecule has 1 aromatic carbocycles. The Morgan fingerprint density at radius 3 is 2.68 bits per heavy atom. The molecule has 34 heavy (non-hydrogen) atoms. The van der Waals surface area contributed by atoms with Gasteiger partial charge in [0, 0.05) is 38.3 Å². The van der Waals surface area contributed by atoms with Crippen molar-refractivity contribution in [3.63, 3.8) is 0 Å².